The lowest BCUT2D eigenvalue weighted by Crippen LogP contribution is -2.06. The Labute approximate surface area is 97.8 Å². The van der Waals surface area contributed by atoms with E-state index in [4.69, 9.17) is 0 Å². The highest BCUT2D eigenvalue weighted by atomic mass is 32.2. The second-order valence-corrected chi connectivity index (χ2v) is 6.38. The average molecular weight is 241 g/mol. The molecular formula is C12H19NO2S. The smallest absolute Gasteiger partial charge is 0.178 e. The second kappa shape index (κ2) is 4.87. The van der Waals surface area contributed by atoms with Gasteiger partial charge in [0, 0.05) is 12.7 Å². The van der Waals surface area contributed by atoms with Gasteiger partial charge in [-0.3, -0.25) is 0 Å². The molecule has 0 bridgehead atoms. The first-order valence-corrected chi connectivity index (χ1v) is 7.11. The van der Waals surface area contributed by atoms with Crippen molar-refractivity contribution in [2.24, 2.45) is 0 Å². The number of nitrogens with one attached hydrogen (secondary N) is 1. The molecule has 1 aromatic rings. The minimum atomic E-state index is -3.13. The van der Waals surface area contributed by atoms with Crippen molar-refractivity contribution in [3.63, 3.8) is 0 Å². The molecule has 0 atom stereocenters. The van der Waals surface area contributed by atoms with Crippen LogP contribution in [0.3, 0.4) is 0 Å². The Balaban J connectivity index is 3.36. The van der Waals surface area contributed by atoms with Crippen LogP contribution in [0.5, 0.6) is 0 Å². The van der Waals surface area contributed by atoms with E-state index in [1.807, 2.05) is 6.07 Å². The number of hydrogen-bond donors (Lipinski definition) is 1. The lowest BCUT2D eigenvalue weighted by atomic mass is 10.0. The third kappa shape index (κ3) is 2.76. The summed E-state index contributed by atoms with van der Waals surface area (Å²) in [7, 11) is -1.33. The highest BCUT2D eigenvalue weighted by Crippen LogP contribution is 2.24. The molecule has 0 saturated heterocycles. The number of rotatable bonds is 4. The number of anilines is 1. The quantitative estimate of drug-likeness (QED) is 0.881. The van der Waals surface area contributed by atoms with Gasteiger partial charge in [-0.25, -0.2) is 8.42 Å². The van der Waals surface area contributed by atoms with Crippen LogP contribution in [0.15, 0.2) is 23.1 Å². The van der Waals surface area contributed by atoms with Gasteiger partial charge in [0.2, 0.25) is 0 Å². The van der Waals surface area contributed by atoms with Crippen LogP contribution in [-0.4, -0.2) is 21.2 Å². The van der Waals surface area contributed by atoms with Gasteiger partial charge in [0.1, 0.15) is 0 Å². The summed E-state index contributed by atoms with van der Waals surface area (Å²) in [6.07, 6.45) is 0. The summed E-state index contributed by atoms with van der Waals surface area (Å²) in [6, 6.07) is 5.44. The largest absolute Gasteiger partial charge is 0.388 e. The third-order valence-electron chi connectivity index (χ3n) is 2.62. The highest BCUT2D eigenvalue weighted by molar-refractivity contribution is 7.91. The molecule has 3 nitrogen and oxygen atoms in total. The lowest BCUT2D eigenvalue weighted by Gasteiger charge is -2.11. The van der Waals surface area contributed by atoms with E-state index in [0.717, 1.165) is 11.3 Å². The summed E-state index contributed by atoms with van der Waals surface area (Å²) >= 11 is 0. The van der Waals surface area contributed by atoms with Crippen LogP contribution in [-0.2, 0) is 9.84 Å². The molecule has 0 unspecified atom stereocenters. The van der Waals surface area contributed by atoms with Gasteiger partial charge in [0.25, 0.3) is 0 Å². The van der Waals surface area contributed by atoms with E-state index >= 15 is 0 Å². The fraction of sp³-hybridized carbons (Fsp3) is 0.500. The molecule has 4 heteroatoms. The maximum atomic E-state index is 11.8. The molecule has 1 aromatic carbocycles. The van der Waals surface area contributed by atoms with Crippen molar-refractivity contribution in [2.75, 3.05) is 18.1 Å². The minimum Gasteiger partial charge on any atom is -0.388 e. The zero-order chi connectivity index (χ0) is 12.3. The van der Waals surface area contributed by atoms with Gasteiger partial charge in [-0.15, -0.1) is 0 Å². The van der Waals surface area contributed by atoms with Crippen LogP contribution < -0.4 is 5.32 Å². The zero-order valence-corrected chi connectivity index (χ0v) is 11.1. The first-order chi connectivity index (χ1) is 7.40. The van der Waals surface area contributed by atoms with E-state index in [9.17, 15) is 8.42 Å². The summed E-state index contributed by atoms with van der Waals surface area (Å²) in [4.78, 5) is 0.408. The van der Waals surface area contributed by atoms with Gasteiger partial charge in [-0.2, -0.15) is 0 Å². The Kier molecular flexibility index (Phi) is 3.97. The third-order valence-corrected chi connectivity index (χ3v) is 4.34. The van der Waals surface area contributed by atoms with Crippen LogP contribution in [0, 0.1) is 0 Å². The first kappa shape index (κ1) is 13.0. The van der Waals surface area contributed by atoms with Crippen molar-refractivity contribution in [1.82, 2.24) is 0 Å². The first-order valence-electron chi connectivity index (χ1n) is 5.46. The van der Waals surface area contributed by atoms with E-state index in [-0.39, 0.29) is 5.75 Å². The van der Waals surface area contributed by atoms with Crippen molar-refractivity contribution in [1.29, 1.82) is 0 Å². The fourth-order valence-electron chi connectivity index (χ4n) is 1.45. The van der Waals surface area contributed by atoms with E-state index < -0.39 is 9.84 Å². The monoisotopic (exact) mass is 241 g/mol. The summed E-state index contributed by atoms with van der Waals surface area (Å²) in [6.45, 7) is 5.77. The fourth-order valence-corrected chi connectivity index (χ4v) is 2.40. The molecule has 0 fully saturated rings. The summed E-state index contributed by atoms with van der Waals surface area (Å²) in [5.74, 6) is 0.455. The van der Waals surface area contributed by atoms with Crippen molar-refractivity contribution in [3.8, 4) is 0 Å². The molecule has 0 amide bonds. The molecule has 0 aliphatic heterocycles. The predicted octanol–water partition coefficient (Wildman–Crippen LogP) is 2.65. The molecule has 16 heavy (non-hydrogen) atoms. The highest BCUT2D eigenvalue weighted by Gasteiger charge is 2.14. The Hall–Kier alpha value is -1.03. The molecule has 0 heterocycles. The van der Waals surface area contributed by atoms with Crippen LogP contribution in [0.4, 0.5) is 5.69 Å². The minimum absolute atomic E-state index is 0.137. The zero-order valence-electron chi connectivity index (χ0n) is 10.2. The molecule has 0 spiro atoms. The maximum Gasteiger partial charge on any atom is 0.178 e. The Morgan fingerprint density at radius 3 is 2.31 bits per heavy atom. The molecule has 0 aromatic heterocycles. The Bertz CT molecular complexity index is 464. The summed E-state index contributed by atoms with van der Waals surface area (Å²) < 4.78 is 23.6. The molecular weight excluding hydrogens is 222 g/mol. The van der Waals surface area contributed by atoms with Gasteiger partial charge >= 0.3 is 0 Å². The van der Waals surface area contributed by atoms with Crippen LogP contribution in [0.25, 0.3) is 0 Å². The predicted molar refractivity (Wildman–Crippen MR) is 67.8 cm³/mol. The van der Waals surface area contributed by atoms with Gasteiger partial charge < -0.3 is 5.32 Å². The molecule has 1 N–H and O–H groups in total. The standard InChI is InChI=1S/C12H19NO2S/c1-5-16(14,15)12-7-10(9(2)3)6-11(8-12)13-4/h6-9,13H,5H2,1-4H3. The molecule has 0 radical (unpaired) electrons. The van der Waals surface area contributed by atoms with Crippen molar-refractivity contribution < 1.29 is 8.42 Å². The van der Waals surface area contributed by atoms with Crippen LogP contribution in [0.1, 0.15) is 32.3 Å². The SMILES string of the molecule is CCS(=O)(=O)c1cc(NC)cc(C(C)C)c1. The van der Waals surface area contributed by atoms with Crippen molar-refractivity contribution in [2.45, 2.75) is 31.6 Å². The molecule has 1 rings (SSSR count). The molecule has 90 valence electrons. The number of sulfone groups is 1. The van der Waals surface area contributed by atoms with Crippen LogP contribution >= 0.6 is 0 Å². The van der Waals surface area contributed by atoms with E-state index in [1.165, 1.54) is 0 Å². The lowest BCUT2D eigenvalue weighted by molar-refractivity contribution is 0.597. The Morgan fingerprint density at radius 1 is 1.25 bits per heavy atom. The van der Waals surface area contributed by atoms with Crippen molar-refractivity contribution in [3.05, 3.63) is 23.8 Å². The van der Waals surface area contributed by atoms with E-state index in [2.05, 4.69) is 19.2 Å². The number of hydrogen-bond acceptors (Lipinski definition) is 3. The average Bonchev–Trinajstić information content (AvgIpc) is 2.28. The normalized spacial score (nSPS) is 11.8. The topological polar surface area (TPSA) is 46.2 Å². The van der Waals surface area contributed by atoms with Gasteiger partial charge in [0.05, 0.1) is 10.6 Å². The number of benzene rings is 1. The second-order valence-electron chi connectivity index (χ2n) is 4.10. The summed E-state index contributed by atoms with van der Waals surface area (Å²) in [5, 5.41) is 2.99. The van der Waals surface area contributed by atoms with Crippen molar-refractivity contribution >= 4 is 15.5 Å². The van der Waals surface area contributed by atoms with Gasteiger partial charge in [0.15, 0.2) is 9.84 Å². The maximum absolute atomic E-state index is 11.8. The molecule has 0 aliphatic rings. The Morgan fingerprint density at radius 2 is 1.88 bits per heavy atom. The molecule has 0 saturated carbocycles. The summed E-state index contributed by atoms with van der Waals surface area (Å²) in [5.41, 5.74) is 1.89. The van der Waals surface area contributed by atoms with E-state index in [0.29, 0.717) is 10.8 Å². The van der Waals surface area contributed by atoms with Gasteiger partial charge in [-0.1, -0.05) is 20.8 Å². The van der Waals surface area contributed by atoms with E-state index in [1.54, 1.807) is 26.1 Å². The van der Waals surface area contributed by atoms with Crippen LogP contribution in [0.2, 0.25) is 0 Å². The molecule has 0 aliphatic carbocycles. The van der Waals surface area contributed by atoms with Gasteiger partial charge in [-0.05, 0) is 29.7 Å².